The minimum absolute atomic E-state index is 0.0515. The average molecular weight is 458 g/mol. The fraction of sp³-hybridized carbons (Fsp3) is 0.0909. The highest BCUT2D eigenvalue weighted by molar-refractivity contribution is 6.38. The molecule has 0 spiro atoms. The summed E-state index contributed by atoms with van der Waals surface area (Å²) in [5.74, 6) is -1.11. The molecule has 3 rings (SSSR count). The number of carbonyl (C=O) groups is 2. The fourth-order valence-corrected chi connectivity index (χ4v) is 3.43. The Labute approximate surface area is 188 Å². The summed E-state index contributed by atoms with van der Waals surface area (Å²) in [6.45, 7) is 0.366. The van der Waals surface area contributed by atoms with Crippen LogP contribution in [0.4, 0.5) is 11.4 Å². The molecule has 158 valence electrons. The van der Waals surface area contributed by atoms with Crippen LogP contribution < -0.4 is 10.6 Å². The Kier molecular flexibility index (Phi) is 7.23. The van der Waals surface area contributed by atoms with Crippen LogP contribution in [0.25, 0.3) is 0 Å². The molecule has 0 atom stereocenters. The predicted octanol–water partition coefficient (Wildman–Crippen LogP) is 5.13. The van der Waals surface area contributed by atoms with E-state index in [2.05, 4.69) is 10.6 Å². The van der Waals surface area contributed by atoms with E-state index in [-0.39, 0.29) is 32.5 Å². The number of amides is 2. The molecule has 2 N–H and O–H groups in total. The zero-order valence-electron chi connectivity index (χ0n) is 16.1. The monoisotopic (exact) mass is 457 g/mol. The van der Waals surface area contributed by atoms with Crippen LogP contribution in [0.1, 0.15) is 26.3 Å². The molecule has 0 unspecified atom stereocenters. The molecule has 0 aromatic heterocycles. The van der Waals surface area contributed by atoms with Crippen molar-refractivity contribution in [2.75, 3.05) is 11.9 Å². The summed E-state index contributed by atoms with van der Waals surface area (Å²) in [5.41, 5.74) is 1.04. The van der Waals surface area contributed by atoms with Gasteiger partial charge in [0, 0.05) is 29.3 Å². The summed E-state index contributed by atoms with van der Waals surface area (Å²) in [6.07, 6.45) is 0.621. The first-order valence-corrected chi connectivity index (χ1v) is 9.97. The molecule has 0 aliphatic rings. The molecule has 31 heavy (non-hydrogen) atoms. The van der Waals surface area contributed by atoms with Gasteiger partial charge >= 0.3 is 0 Å². The van der Waals surface area contributed by atoms with Crippen molar-refractivity contribution in [3.05, 3.63) is 104 Å². The average Bonchev–Trinajstić information content (AvgIpc) is 2.76. The zero-order valence-corrected chi connectivity index (χ0v) is 17.6. The molecule has 0 heterocycles. The van der Waals surface area contributed by atoms with Crippen LogP contribution in [0.3, 0.4) is 0 Å². The molecule has 3 aromatic rings. The van der Waals surface area contributed by atoms with Gasteiger partial charge in [0.2, 0.25) is 0 Å². The van der Waals surface area contributed by atoms with E-state index in [0.717, 1.165) is 11.6 Å². The van der Waals surface area contributed by atoms with Gasteiger partial charge in [-0.1, -0.05) is 59.6 Å². The lowest BCUT2D eigenvalue weighted by molar-refractivity contribution is -0.384. The van der Waals surface area contributed by atoms with Gasteiger partial charge in [0.15, 0.2) is 0 Å². The Morgan fingerprint density at radius 2 is 1.68 bits per heavy atom. The predicted molar refractivity (Wildman–Crippen MR) is 120 cm³/mol. The Balaban J connectivity index is 1.79. The van der Waals surface area contributed by atoms with Crippen LogP contribution in [-0.2, 0) is 6.42 Å². The Bertz CT molecular complexity index is 1140. The van der Waals surface area contributed by atoms with Crippen molar-refractivity contribution < 1.29 is 14.5 Å². The molecule has 7 nitrogen and oxygen atoms in total. The van der Waals surface area contributed by atoms with Crippen molar-refractivity contribution in [2.45, 2.75) is 6.42 Å². The molecule has 2 amide bonds. The molecule has 0 saturated heterocycles. The van der Waals surface area contributed by atoms with E-state index in [9.17, 15) is 19.7 Å². The highest BCUT2D eigenvalue weighted by Gasteiger charge is 2.19. The summed E-state index contributed by atoms with van der Waals surface area (Å²) in [6, 6.07) is 17.7. The molecule has 0 saturated carbocycles. The molecular weight excluding hydrogens is 441 g/mol. The van der Waals surface area contributed by atoms with Gasteiger partial charge in [0.1, 0.15) is 0 Å². The number of nitrogens with one attached hydrogen (secondary N) is 2. The largest absolute Gasteiger partial charge is 0.352 e. The first-order chi connectivity index (χ1) is 14.8. The summed E-state index contributed by atoms with van der Waals surface area (Å²) in [4.78, 5) is 35.8. The van der Waals surface area contributed by atoms with Crippen LogP contribution in [0.15, 0.2) is 66.7 Å². The van der Waals surface area contributed by atoms with E-state index >= 15 is 0 Å². The first-order valence-electron chi connectivity index (χ1n) is 9.22. The van der Waals surface area contributed by atoms with E-state index in [1.807, 2.05) is 30.3 Å². The Morgan fingerprint density at radius 3 is 2.39 bits per heavy atom. The van der Waals surface area contributed by atoms with E-state index in [1.165, 1.54) is 30.3 Å². The highest BCUT2D eigenvalue weighted by atomic mass is 35.5. The number of benzene rings is 3. The standard InChI is InChI=1S/C22H17Cl2N3O4/c23-16-12-18(22(29)25-10-9-14-5-2-1-3-6-14)20(19(24)13-16)26-21(28)15-7-4-8-17(11-15)27(30)31/h1-8,11-13H,9-10H2,(H,25,29)(H,26,28). The lowest BCUT2D eigenvalue weighted by atomic mass is 10.1. The molecule has 0 aliphatic carbocycles. The van der Waals surface area contributed by atoms with Gasteiger partial charge in [-0.05, 0) is 30.2 Å². The van der Waals surface area contributed by atoms with E-state index in [0.29, 0.717) is 13.0 Å². The highest BCUT2D eigenvalue weighted by Crippen LogP contribution is 2.31. The Hall–Kier alpha value is -3.42. The molecule has 0 bridgehead atoms. The van der Waals surface area contributed by atoms with Crippen molar-refractivity contribution in [1.29, 1.82) is 0 Å². The second kappa shape index (κ2) is 10.1. The number of nitro groups is 1. The maximum atomic E-state index is 12.8. The third kappa shape index (κ3) is 5.81. The number of carbonyl (C=O) groups excluding carboxylic acids is 2. The topological polar surface area (TPSA) is 101 Å². The number of rotatable bonds is 7. The van der Waals surface area contributed by atoms with Gasteiger partial charge < -0.3 is 10.6 Å². The van der Waals surface area contributed by atoms with Crippen molar-refractivity contribution >= 4 is 46.4 Å². The molecule has 0 fully saturated rings. The quantitative estimate of drug-likeness (QED) is 0.379. The second-order valence-corrected chi connectivity index (χ2v) is 7.41. The normalized spacial score (nSPS) is 10.4. The van der Waals surface area contributed by atoms with Crippen molar-refractivity contribution in [3.63, 3.8) is 0 Å². The third-order valence-corrected chi connectivity index (χ3v) is 4.92. The van der Waals surface area contributed by atoms with Crippen LogP contribution in [0, 0.1) is 10.1 Å². The molecular formula is C22H17Cl2N3O4. The van der Waals surface area contributed by atoms with Gasteiger partial charge in [-0.15, -0.1) is 0 Å². The van der Waals surface area contributed by atoms with E-state index in [4.69, 9.17) is 23.2 Å². The number of nitrogens with zero attached hydrogens (tertiary/aromatic N) is 1. The van der Waals surface area contributed by atoms with E-state index < -0.39 is 16.7 Å². The SMILES string of the molecule is O=C(Nc1c(Cl)cc(Cl)cc1C(=O)NCCc1ccccc1)c1cccc([N+](=O)[O-])c1. The number of non-ortho nitro benzene ring substituents is 1. The van der Waals surface area contributed by atoms with Crippen molar-refractivity contribution in [1.82, 2.24) is 5.32 Å². The number of halogens is 2. The van der Waals surface area contributed by atoms with Gasteiger partial charge in [0.05, 0.1) is 21.2 Å². The fourth-order valence-electron chi connectivity index (χ4n) is 2.89. The number of nitro benzene ring substituents is 1. The maximum Gasteiger partial charge on any atom is 0.270 e. The Morgan fingerprint density at radius 1 is 0.935 bits per heavy atom. The van der Waals surface area contributed by atoms with Gasteiger partial charge in [-0.2, -0.15) is 0 Å². The van der Waals surface area contributed by atoms with Gasteiger partial charge in [-0.25, -0.2) is 0 Å². The number of hydrogen-bond acceptors (Lipinski definition) is 4. The van der Waals surface area contributed by atoms with Crippen molar-refractivity contribution in [2.24, 2.45) is 0 Å². The van der Waals surface area contributed by atoms with Crippen LogP contribution in [0.2, 0.25) is 10.0 Å². The molecule has 3 aromatic carbocycles. The molecule has 0 aliphatic heterocycles. The minimum atomic E-state index is -0.647. The molecule has 9 heteroatoms. The smallest absolute Gasteiger partial charge is 0.270 e. The lowest BCUT2D eigenvalue weighted by Crippen LogP contribution is -2.27. The number of hydrogen-bond donors (Lipinski definition) is 2. The first kappa shape index (κ1) is 22.3. The lowest BCUT2D eigenvalue weighted by Gasteiger charge is -2.14. The third-order valence-electron chi connectivity index (χ3n) is 4.40. The summed E-state index contributed by atoms with van der Waals surface area (Å²) in [7, 11) is 0. The van der Waals surface area contributed by atoms with Gasteiger partial charge in [0.25, 0.3) is 17.5 Å². The van der Waals surface area contributed by atoms with Crippen LogP contribution in [-0.4, -0.2) is 23.3 Å². The number of anilines is 1. The van der Waals surface area contributed by atoms with Crippen LogP contribution >= 0.6 is 23.2 Å². The summed E-state index contributed by atoms with van der Waals surface area (Å²) < 4.78 is 0. The maximum absolute atomic E-state index is 12.8. The van der Waals surface area contributed by atoms with Crippen molar-refractivity contribution in [3.8, 4) is 0 Å². The molecule has 0 radical (unpaired) electrons. The zero-order chi connectivity index (χ0) is 22.4. The second-order valence-electron chi connectivity index (χ2n) is 6.56. The van der Waals surface area contributed by atoms with E-state index in [1.54, 1.807) is 0 Å². The summed E-state index contributed by atoms with van der Waals surface area (Å²) in [5, 5.41) is 16.6. The van der Waals surface area contributed by atoms with Crippen LogP contribution in [0.5, 0.6) is 0 Å². The summed E-state index contributed by atoms with van der Waals surface area (Å²) >= 11 is 12.3. The minimum Gasteiger partial charge on any atom is -0.352 e. The van der Waals surface area contributed by atoms with Gasteiger partial charge in [-0.3, -0.25) is 19.7 Å².